The highest BCUT2D eigenvalue weighted by atomic mass is 16.5. The molecule has 104 valence electrons. The number of benzene rings is 1. The average Bonchev–Trinajstić information content (AvgIpc) is 2.39. The lowest BCUT2D eigenvalue weighted by Gasteiger charge is -2.16. The predicted molar refractivity (Wildman–Crippen MR) is 74.0 cm³/mol. The number of esters is 1. The van der Waals surface area contributed by atoms with E-state index >= 15 is 0 Å². The van der Waals surface area contributed by atoms with E-state index in [0.29, 0.717) is 16.9 Å². The molecule has 0 saturated carbocycles. The molecular weight excluding hydrogens is 246 g/mol. The maximum absolute atomic E-state index is 11.8. The van der Waals surface area contributed by atoms with Crippen molar-refractivity contribution in [3.05, 3.63) is 23.8 Å². The summed E-state index contributed by atoms with van der Waals surface area (Å²) in [4.78, 5) is 24.7. The zero-order valence-corrected chi connectivity index (χ0v) is 11.6. The predicted octanol–water partition coefficient (Wildman–Crippen LogP) is 0.944. The topological polar surface area (TPSA) is 84.7 Å². The number of hydrogen-bond acceptors (Lipinski definition) is 5. The Hall–Kier alpha value is -2.24. The second-order valence-electron chi connectivity index (χ2n) is 4.39. The van der Waals surface area contributed by atoms with Crippen LogP contribution in [0.3, 0.4) is 0 Å². The normalized spacial score (nSPS) is 11.6. The van der Waals surface area contributed by atoms with Crippen molar-refractivity contribution in [2.24, 2.45) is 0 Å². The summed E-state index contributed by atoms with van der Waals surface area (Å²) in [6, 6.07) is 4.35. The maximum atomic E-state index is 11.8. The van der Waals surface area contributed by atoms with E-state index in [2.05, 4.69) is 10.1 Å². The van der Waals surface area contributed by atoms with E-state index in [9.17, 15) is 9.59 Å². The lowest BCUT2D eigenvalue weighted by Crippen LogP contribution is -2.28. The molecule has 3 N–H and O–H groups in total. The third-order valence-electron chi connectivity index (χ3n) is 2.63. The van der Waals surface area contributed by atoms with E-state index < -0.39 is 12.0 Å². The molecule has 6 nitrogen and oxygen atoms in total. The lowest BCUT2D eigenvalue weighted by molar-refractivity contribution is -0.141. The Labute approximate surface area is 112 Å². The van der Waals surface area contributed by atoms with Gasteiger partial charge >= 0.3 is 5.97 Å². The third kappa shape index (κ3) is 3.61. The maximum Gasteiger partial charge on any atom is 0.327 e. The molecular formula is C13H19N3O3. The van der Waals surface area contributed by atoms with Gasteiger partial charge in [-0.15, -0.1) is 0 Å². The van der Waals surface area contributed by atoms with Crippen molar-refractivity contribution >= 4 is 23.3 Å². The van der Waals surface area contributed by atoms with Crippen LogP contribution in [0.4, 0.5) is 11.4 Å². The number of nitrogens with two attached hydrogens (primary N) is 1. The zero-order chi connectivity index (χ0) is 14.6. The molecule has 0 spiro atoms. The molecule has 0 fully saturated rings. The van der Waals surface area contributed by atoms with E-state index in [0.717, 1.165) is 0 Å². The summed E-state index contributed by atoms with van der Waals surface area (Å²) < 4.78 is 4.62. The van der Waals surface area contributed by atoms with Crippen LogP contribution in [0.2, 0.25) is 0 Å². The molecule has 1 unspecified atom stereocenters. The van der Waals surface area contributed by atoms with Crippen molar-refractivity contribution in [1.82, 2.24) is 4.90 Å². The van der Waals surface area contributed by atoms with Crippen LogP contribution in [0.25, 0.3) is 0 Å². The SMILES string of the molecule is COC(=O)C(C)Nc1cc(C(=O)N(C)C)ccc1N. The molecule has 0 aromatic heterocycles. The second-order valence-corrected chi connectivity index (χ2v) is 4.39. The smallest absolute Gasteiger partial charge is 0.327 e. The van der Waals surface area contributed by atoms with Gasteiger partial charge in [0, 0.05) is 19.7 Å². The van der Waals surface area contributed by atoms with Crippen LogP contribution in [0.1, 0.15) is 17.3 Å². The van der Waals surface area contributed by atoms with Crippen LogP contribution in [-0.4, -0.2) is 44.0 Å². The van der Waals surface area contributed by atoms with Gasteiger partial charge in [0.2, 0.25) is 0 Å². The van der Waals surface area contributed by atoms with Gasteiger partial charge in [0.15, 0.2) is 0 Å². The number of rotatable bonds is 4. The molecule has 1 rings (SSSR count). The van der Waals surface area contributed by atoms with Gasteiger partial charge in [-0.2, -0.15) is 0 Å². The van der Waals surface area contributed by atoms with Crippen LogP contribution in [0.5, 0.6) is 0 Å². The molecule has 1 atom stereocenters. The van der Waals surface area contributed by atoms with Crippen LogP contribution >= 0.6 is 0 Å². The van der Waals surface area contributed by atoms with Gasteiger partial charge in [0.25, 0.3) is 5.91 Å². The zero-order valence-electron chi connectivity index (χ0n) is 11.6. The van der Waals surface area contributed by atoms with Crippen LogP contribution < -0.4 is 11.1 Å². The van der Waals surface area contributed by atoms with Crippen molar-refractivity contribution in [2.75, 3.05) is 32.3 Å². The molecule has 0 aliphatic rings. The molecule has 0 aliphatic heterocycles. The summed E-state index contributed by atoms with van der Waals surface area (Å²) >= 11 is 0. The highest BCUT2D eigenvalue weighted by Crippen LogP contribution is 2.21. The van der Waals surface area contributed by atoms with Gasteiger partial charge in [-0.1, -0.05) is 0 Å². The summed E-state index contributed by atoms with van der Waals surface area (Å²) in [5.74, 6) is -0.530. The van der Waals surface area contributed by atoms with E-state index in [-0.39, 0.29) is 5.91 Å². The molecule has 19 heavy (non-hydrogen) atoms. The largest absolute Gasteiger partial charge is 0.467 e. The standard InChI is InChI=1S/C13H19N3O3/c1-8(13(18)19-4)15-11-7-9(5-6-10(11)14)12(17)16(2)3/h5-8,15H,14H2,1-4H3. The number of methoxy groups -OCH3 is 1. The fraction of sp³-hybridized carbons (Fsp3) is 0.385. The average molecular weight is 265 g/mol. The fourth-order valence-electron chi connectivity index (χ4n) is 1.54. The molecule has 0 bridgehead atoms. The number of nitrogen functional groups attached to an aromatic ring is 1. The minimum atomic E-state index is -0.544. The first-order chi connectivity index (χ1) is 8.86. The number of nitrogens with one attached hydrogen (secondary N) is 1. The number of ether oxygens (including phenoxy) is 1. The molecule has 0 heterocycles. The Kier molecular flexibility index (Phi) is 4.74. The van der Waals surface area contributed by atoms with Gasteiger partial charge in [0.1, 0.15) is 6.04 Å². The van der Waals surface area contributed by atoms with Crippen molar-refractivity contribution in [2.45, 2.75) is 13.0 Å². The Morgan fingerprint density at radius 2 is 2.00 bits per heavy atom. The first-order valence-electron chi connectivity index (χ1n) is 5.82. The van der Waals surface area contributed by atoms with E-state index in [1.807, 2.05) is 0 Å². The Bertz CT molecular complexity index is 486. The van der Waals surface area contributed by atoms with Gasteiger partial charge in [-0.05, 0) is 25.1 Å². The lowest BCUT2D eigenvalue weighted by atomic mass is 10.1. The van der Waals surface area contributed by atoms with Gasteiger partial charge < -0.3 is 20.7 Å². The van der Waals surface area contributed by atoms with Crippen molar-refractivity contribution in [3.63, 3.8) is 0 Å². The third-order valence-corrected chi connectivity index (χ3v) is 2.63. The number of carbonyl (C=O) groups is 2. The number of carbonyl (C=O) groups excluding carboxylic acids is 2. The molecule has 0 saturated heterocycles. The van der Waals surface area contributed by atoms with Gasteiger partial charge in [-0.3, -0.25) is 4.79 Å². The second kappa shape index (κ2) is 6.08. The fourth-order valence-corrected chi connectivity index (χ4v) is 1.54. The van der Waals surface area contributed by atoms with Gasteiger partial charge in [-0.25, -0.2) is 4.79 Å². The van der Waals surface area contributed by atoms with Gasteiger partial charge in [0.05, 0.1) is 18.5 Å². The number of hydrogen-bond donors (Lipinski definition) is 2. The number of nitrogens with zero attached hydrogens (tertiary/aromatic N) is 1. The van der Waals surface area contributed by atoms with Crippen LogP contribution in [0, 0.1) is 0 Å². The van der Waals surface area contributed by atoms with Crippen molar-refractivity contribution in [1.29, 1.82) is 0 Å². The molecule has 0 aliphatic carbocycles. The van der Waals surface area contributed by atoms with Crippen LogP contribution in [0.15, 0.2) is 18.2 Å². The Morgan fingerprint density at radius 3 is 2.53 bits per heavy atom. The first-order valence-corrected chi connectivity index (χ1v) is 5.82. The monoisotopic (exact) mass is 265 g/mol. The molecule has 6 heteroatoms. The minimum absolute atomic E-state index is 0.131. The summed E-state index contributed by atoms with van der Waals surface area (Å²) in [5, 5.41) is 2.92. The number of anilines is 2. The summed E-state index contributed by atoms with van der Waals surface area (Å²) in [5.41, 5.74) is 7.31. The van der Waals surface area contributed by atoms with E-state index in [1.165, 1.54) is 12.0 Å². The van der Waals surface area contributed by atoms with Crippen LogP contribution in [-0.2, 0) is 9.53 Å². The van der Waals surface area contributed by atoms with E-state index in [1.54, 1.807) is 39.2 Å². The quantitative estimate of drug-likeness (QED) is 0.625. The Balaban J connectivity index is 2.98. The van der Waals surface area contributed by atoms with Crippen molar-refractivity contribution in [3.8, 4) is 0 Å². The van der Waals surface area contributed by atoms with E-state index in [4.69, 9.17) is 5.73 Å². The van der Waals surface area contributed by atoms with Crippen molar-refractivity contribution < 1.29 is 14.3 Å². The molecule has 1 aromatic rings. The molecule has 0 radical (unpaired) electrons. The Morgan fingerprint density at radius 1 is 1.37 bits per heavy atom. The minimum Gasteiger partial charge on any atom is -0.467 e. The molecule has 1 amide bonds. The number of amides is 1. The highest BCUT2D eigenvalue weighted by molar-refractivity contribution is 5.96. The summed E-state index contributed by atoms with van der Waals surface area (Å²) in [7, 11) is 4.65. The first kappa shape index (κ1) is 14.8. The highest BCUT2D eigenvalue weighted by Gasteiger charge is 2.15. The summed E-state index contributed by atoms with van der Waals surface area (Å²) in [6.07, 6.45) is 0. The summed E-state index contributed by atoms with van der Waals surface area (Å²) in [6.45, 7) is 1.66. The molecule has 1 aromatic carbocycles.